The van der Waals surface area contributed by atoms with Gasteiger partial charge in [-0.2, -0.15) is 0 Å². The monoisotopic (exact) mass is 771 g/mol. The number of carbonyl (C=O) groups is 2. The van der Waals surface area contributed by atoms with Gasteiger partial charge in [-0.1, -0.05) is 70.0 Å². The number of nitrogens with one attached hydrogen (secondary N) is 1. The molecular weight excluding hydrogens is 734 g/mol. The average Bonchev–Trinajstić information content (AvgIpc) is 3.09. The summed E-state index contributed by atoms with van der Waals surface area (Å²) in [6.45, 7) is 3.00. The van der Waals surface area contributed by atoms with Crippen molar-refractivity contribution in [1.82, 2.24) is 10.2 Å². The zero-order valence-corrected chi connectivity index (χ0v) is 31.0. The number of carbonyl (C=O) groups excluding carboxylic acids is 2. The smallest absolute Gasteiger partial charge is 0.265 e. The van der Waals surface area contributed by atoms with Crippen molar-refractivity contribution in [3.63, 3.8) is 0 Å². The van der Waals surface area contributed by atoms with E-state index in [4.69, 9.17) is 25.8 Å². The van der Waals surface area contributed by atoms with Gasteiger partial charge in [0.2, 0.25) is 11.8 Å². The van der Waals surface area contributed by atoms with Crippen LogP contribution in [0.2, 0.25) is 5.02 Å². The zero-order valence-electron chi connectivity index (χ0n) is 27.9. The molecule has 0 fully saturated rings. The van der Waals surface area contributed by atoms with Crippen LogP contribution in [-0.2, 0) is 32.6 Å². The van der Waals surface area contributed by atoms with E-state index in [1.165, 1.54) is 56.6 Å². The number of sulfonamides is 1. The van der Waals surface area contributed by atoms with E-state index in [9.17, 15) is 18.0 Å². The lowest BCUT2D eigenvalue weighted by molar-refractivity contribution is -0.140. The molecule has 0 spiro atoms. The summed E-state index contributed by atoms with van der Waals surface area (Å²) in [6.07, 6.45) is 0.185. The molecular formula is C36H39BrClN3O7S. The Bertz CT molecular complexity index is 1860. The van der Waals surface area contributed by atoms with Crippen LogP contribution >= 0.6 is 27.5 Å². The van der Waals surface area contributed by atoms with E-state index in [1.807, 2.05) is 68.4 Å². The number of methoxy groups -OCH3 is 3. The average molecular weight is 773 g/mol. The van der Waals surface area contributed by atoms with Crippen LogP contribution in [0.1, 0.15) is 25.0 Å². The van der Waals surface area contributed by atoms with E-state index in [0.29, 0.717) is 5.75 Å². The lowest BCUT2D eigenvalue weighted by atomic mass is 10.0. The molecule has 260 valence electrons. The summed E-state index contributed by atoms with van der Waals surface area (Å²) in [5.74, 6) is -0.338. The van der Waals surface area contributed by atoms with Gasteiger partial charge >= 0.3 is 0 Å². The van der Waals surface area contributed by atoms with Crippen molar-refractivity contribution in [2.24, 2.45) is 0 Å². The van der Waals surface area contributed by atoms with E-state index < -0.39 is 28.5 Å². The van der Waals surface area contributed by atoms with Gasteiger partial charge in [0.15, 0.2) is 11.5 Å². The topological polar surface area (TPSA) is 114 Å². The lowest BCUT2D eigenvalue weighted by Gasteiger charge is -2.34. The third-order valence-electron chi connectivity index (χ3n) is 7.60. The first kappa shape index (κ1) is 37.6. The van der Waals surface area contributed by atoms with E-state index in [1.54, 1.807) is 6.07 Å². The Labute approximate surface area is 301 Å². The number of rotatable bonds is 15. The molecule has 0 saturated carbocycles. The third-order valence-corrected chi connectivity index (χ3v) is 10.1. The summed E-state index contributed by atoms with van der Waals surface area (Å²) in [5.41, 5.74) is 1.60. The van der Waals surface area contributed by atoms with E-state index in [0.717, 1.165) is 19.9 Å². The van der Waals surface area contributed by atoms with Crippen molar-refractivity contribution >= 4 is 55.1 Å². The standard InChI is InChI=1S/C36H39BrClN3O7S/c1-24(2)39-36(43)31(19-25-9-7-6-8-10-25)40(22-26-11-13-27(37)14-12-26)35(42)23-41(30-20-28(38)15-17-32(30)46-3)49(44,45)29-16-18-33(47-4)34(21-29)48-5/h6-18,20-21,24,31H,19,22-23H2,1-5H3,(H,39,43). The fraction of sp³-hybridized carbons (Fsp3) is 0.278. The molecule has 0 saturated heterocycles. The molecule has 0 bridgehead atoms. The van der Waals surface area contributed by atoms with Crippen molar-refractivity contribution < 1.29 is 32.2 Å². The third kappa shape index (κ3) is 9.46. The predicted molar refractivity (Wildman–Crippen MR) is 194 cm³/mol. The Kier molecular flexibility index (Phi) is 13.0. The van der Waals surface area contributed by atoms with Crippen LogP contribution in [-0.4, -0.2) is 65.1 Å². The molecule has 13 heteroatoms. The Morgan fingerprint density at radius 2 is 1.45 bits per heavy atom. The van der Waals surface area contributed by atoms with Crippen LogP contribution in [0.25, 0.3) is 0 Å². The maximum atomic E-state index is 14.7. The highest BCUT2D eigenvalue weighted by Gasteiger charge is 2.36. The fourth-order valence-electron chi connectivity index (χ4n) is 5.20. The predicted octanol–water partition coefficient (Wildman–Crippen LogP) is 6.49. The van der Waals surface area contributed by atoms with Crippen LogP contribution in [0.5, 0.6) is 17.2 Å². The zero-order chi connectivity index (χ0) is 35.7. The Balaban J connectivity index is 1.88. The summed E-state index contributed by atoms with van der Waals surface area (Å²) >= 11 is 9.83. The normalized spacial score (nSPS) is 11.8. The van der Waals surface area contributed by atoms with Crippen LogP contribution < -0.4 is 23.8 Å². The van der Waals surface area contributed by atoms with Gasteiger partial charge in [-0.15, -0.1) is 0 Å². The molecule has 0 aliphatic rings. The molecule has 0 radical (unpaired) electrons. The minimum Gasteiger partial charge on any atom is -0.495 e. The van der Waals surface area contributed by atoms with Gasteiger partial charge in [-0.25, -0.2) is 8.42 Å². The number of hydrogen-bond acceptors (Lipinski definition) is 7. The van der Waals surface area contributed by atoms with Crippen molar-refractivity contribution in [1.29, 1.82) is 0 Å². The molecule has 0 aliphatic carbocycles. The molecule has 1 unspecified atom stereocenters. The van der Waals surface area contributed by atoms with Gasteiger partial charge < -0.3 is 24.4 Å². The minimum absolute atomic E-state index is 0.0199. The number of amides is 2. The summed E-state index contributed by atoms with van der Waals surface area (Å²) in [7, 11) is -0.263. The van der Waals surface area contributed by atoms with Crippen molar-refractivity contribution in [2.75, 3.05) is 32.2 Å². The van der Waals surface area contributed by atoms with Gasteiger partial charge in [-0.05, 0) is 67.4 Å². The molecule has 0 aliphatic heterocycles. The molecule has 49 heavy (non-hydrogen) atoms. The highest BCUT2D eigenvalue weighted by atomic mass is 79.9. The van der Waals surface area contributed by atoms with Crippen LogP contribution in [0.15, 0.2) is 100 Å². The number of halogens is 2. The van der Waals surface area contributed by atoms with Crippen molar-refractivity contribution in [3.05, 3.63) is 112 Å². The highest BCUT2D eigenvalue weighted by Crippen LogP contribution is 2.37. The van der Waals surface area contributed by atoms with E-state index >= 15 is 0 Å². The molecule has 10 nitrogen and oxygen atoms in total. The fourth-order valence-corrected chi connectivity index (χ4v) is 7.06. The van der Waals surface area contributed by atoms with Gasteiger partial charge in [0, 0.05) is 34.6 Å². The molecule has 0 heterocycles. The number of anilines is 1. The number of hydrogen-bond donors (Lipinski definition) is 1. The first-order chi connectivity index (χ1) is 23.4. The second-order valence-corrected chi connectivity index (χ2v) is 14.6. The van der Waals surface area contributed by atoms with E-state index in [2.05, 4.69) is 21.2 Å². The van der Waals surface area contributed by atoms with Gasteiger partial charge in [0.1, 0.15) is 18.3 Å². The Morgan fingerprint density at radius 3 is 2.06 bits per heavy atom. The van der Waals surface area contributed by atoms with Crippen LogP contribution in [0.3, 0.4) is 0 Å². The van der Waals surface area contributed by atoms with E-state index in [-0.39, 0.29) is 52.0 Å². The molecule has 4 aromatic rings. The van der Waals surface area contributed by atoms with Crippen LogP contribution in [0.4, 0.5) is 5.69 Å². The van der Waals surface area contributed by atoms with Crippen molar-refractivity contribution in [2.45, 2.75) is 43.8 Å². The maximum absolute atomic E-state index is 14.7. The first-order valence-electron chi connectivity index (χ1n) is 15.3. The SMILES string of the molecule is COc1ccc(S(=O)(=O)N(CC(=O)N(Cc2ccc(Br)cc2)C(Cc2ccccc2)C(=O)NC(C)C)c2cc(Cl)ccc2OC)cc1OC. The number of benzene rings is 4. The number of nitrogens with zero attached hydrogens (tertiary/aromatic N) is 2. The van der Waals surface area contributed by atoms with Crippen LogP contribution in [0, 0.1) is 0 Å². The molecule has 4 rings (SSSR count). The molecule has 1 atom stereocenters. The maximum Gasteiger partial charge on any atom is 0.265 e. The van der Waals surface area contributed by atoms with Gasteiger partial charge in [0.25, 0.3) is 10.0 Å². The summed E-state index contributed by atoms with van der Waals surface area (Å²) in [5, 5.41) is 3.17. The number of ether oxygens (including phenoxy) is 3. The molecule has 1 N–H and O–H groups in total. The second kappa shape index (κ2) is 16.9. The molecule has 2 amide bonds. The largest absolute Gasteiger partial charge is 0.495 e. The minimum atomic E-state index is -4.49. The quantitative estimate of drug-likeness (QED) is 0.147. The van der Waals surface area contributed by atoms with Gasteiger partial charge in [-0.3, -0.25) is 13.9 Å². The highest BCUT2D eigenvalue weighted by molar-refractivity contribution is 9.10. The lowest BCUT2D eigenvalue weighted by Crippen LogP contribution is -2.54. The Hall–Kier alpha value is -4.26. The Morgan fingerprint density at radius 1 is 0.816 bits per heavy atom. The van der Waals surface area contributed by atoms with Gasteiger partial charge in [0.05, 0.1) is 31.9 Å². The second-order valence-electron chi connectivity index (χ2n) is 11.4. The molecule has 0 aromatic heterocycles. The summed E-state index contributed by atoms with van der Waals surface area (Å²) in [6, 6.07) is 24.1. The first-order valence-corrected chi connectivity index (χ1v) is 18.0. The summed E-state index contributed by atoms with van der Waals surface area (Å²) in [4.78, 5) is 29.9. The summed E-state index contributed by atoms with van der Waals surface area (Å²) < 4.78 is 47.1. The molecule has 4 aromatic carbocycles. The van der Waals surface area contributed by atoms with Crippen molar-refractivity contribution in [3.8, 4) is 17.2 Å².